The molecule has 0 unspecified atom stereocenters. The Morgan fingerprint density at radius 3 is 2.27 bits per heavy atom. The molecule has 3 aromatic rings. The van der Waals surface area contributed by atoms with Crippen molar-refractivity contribution in [3.05, 3.63) is 95.1 Å². The number of para-hydroxylation sites is 2. The van der Waals surface area contributed by atoms with Gasteiger partial charge in [0.25, 0.3) is 5.91 Å². The van der Waals surface area contributed by atoms with Crippen LogP contribution in [-0.4, -0.2) is 29.8 Å². The van der Waals surface area contributed by atoms with Crippen molar-refractivity contribution >= 4 is 23.2 Å². The molecule has 1 heterocycles. The quantitative estimate of drug-likeness (QED) is 0.579. The smallest absolute Gasteiger partial charge is 0.255 e. The molecule has 6 nitrogen and oxygen atoms in total. The number of benzene rings is 3. The second kappa shape index (κ2) is 10.0. The van der Waals surface area contributed by atoms with Crippen LogP contribution in [0, 0.1) is 11.3 Å². The maximum atomic E-state index is 12.8. The molecule has 0 spiro atoms. The van der Waals surface area contributed by atoms with Gasteiger partial charge in [-0.2, -0.15) is 5.26 Å². The van der Waals surface area contributed by atoms with Crippen LogP contribution >= 0.6 is 0 Å². The molecule has 0 radical (unpaired) electrons. The Morgan fingerprint density at radius 1 is 0.970 bits per heavy atom. The first kappa shape index (κ1) is 22.1. The minimum Gasteiger partial charge on any atom is -0.397 e. The van der Waals surface area contributed by atoms with E-state index in [2.05, 4.69) is 11.4 Å². The summed E-state index contributed by atoms with van der Waals surface area (Å²) < 4.78 is 0. The average molecular weight is 439 g/mol. The summed E-state index contributed by atoms with van der Waals surface area (Å²) in [5.41, 5.74) is 10.3. The Bertz CT molecular complexity index is 1170. The summed E-state index contributed by atoms with van der Waals surface area (Å²) in [6.45, 7) is 1.45. The van der Waals surface area contributed by atoms with Crippen molar-refractivity contribution in [1.29, 1.82) is 5.26 Å². The molecule has 4 rings (SSSR count). The number of nitrogen functional groups attached to an aromatic ring is 1. The SMILES string of the molecule is N#Cc1ccc(C2CCN(C(=O)Cc3ccc(C(=O)Nc4ccccc4N)cc3)CC2)cc1. The number of hydrogen-bond acceptors (Lipinski definition) is 4. The maximum absolute atomic E-state index is 12.8. The highest BCUT2D eigenvalue weighted by atomic mass is 16.2. The number of nitrogens with two attached hydrogens (primary N) is 1. The molecule has 0 bridgehead atoms. The largest absolute Gasteiger partial charge is 0.397 e. The fourth-order valence-electron chi connectivity index (χ4n) is 4.16. The molecule has 1 aliphatic heterocycles. The Kier molecular flexibility index (Phi) is 6.70. The highest BCUT2D eigenvalue weighted by Gasteiger charge is 2.24. The molecule has 3 N–H and O–H groups in total. The van der Waals surface area contributed by atoms with E-state index in [1.54, 1.807) is 24.3 Å². The number of nitrogens with one attached hydrogen (secondary N) is 1. The molecule has 33 heavy (non-hydrogen) atoms. The Morgan fingerprint density at radius 2 is 1.64 bits per heavy atom. The monoisotopic (exact) mass is 438 g/mol. The zero-order valence-electron chi connectivity index (χ0n) is 18.3. The summed E-state index contributed by atoms with van der Waals surface area (Å²) >= 11 is 0. The zero-order chi connectivity index (χ0) is 23.2. The standard InChI is InChI=1S/C27H26N4O2/c28-18-20-7-9-21(10-8-20)22-13-15-31(16-14-22)26(32)17-19-5-11-23(12-6-19)27(33)30-25-4-2-1-3-24(25)29/h1-12,22H,13-17,29H2,(H,30,33). The lowest BCUT2D eigenvalue weighted by atomic mass is 9.89. The first-order valence-corrected chi connectivity index (χ1v) is 11.1. The molecule has 0 atom stereocenters. The second-order valence-corrected chi connectivity index (χ2v) is 8.30. The van der Waals surface area contributed by atoms with E-state index in [9.17, 15) is 9.59 Å². The fraction of sp³-hybridized carbons (Fsp3) is 0.222. The molecule has 1 fully saturated rings. The molecule has 6 heteroatoms. The number of amides is 2. The Labute approximate surface area is 193 Å². The molecular formula is C27H26N4O2. The van der Waals surface area contributed by atoms with Gasteiger partial charge in [-0.25, -0.2) is 0 Å². The van der Waals surface area contributed by atoms with E-state index in [1.165, 1.54) is 5.56 Å². The van der Waals surface area contributed by atoms with Gasteiger partial charge in [-0.15, -0.1) is 0 Å². The third kappa shape index (κ3) is 5.39. The molecule has 1 saturated heterocycles. The van der Waals surface area contributed by atoms with E-state index in [-0.39, 0.29) is 11.8 Å². The van der Waals surface area contributed by atoms with Crippen LogP contribution < -0.4 is 11.1 Å². The summed E-state index contributed by atoms with van der Waals surface area (Å²) in [5, 5.41) is 11.8. The van der Waals surface area contributed by atoms with Crippen molar-refractivity contribution in [2.45, 2.75) is 25.2 Å². The van der Waals surface area contributed by atoms with Gasteiger partial charge in [0, 0.05) is 18.7 Å². The average Bonchev–Trinajstić information content (AvgIpc) is 2.86. The third-order valence-electron chi connectivity index (χ3n) is 6.14. The van der Waals surface area contributed by atoms with E-state index < -0.39 is 0 Å². The van der Waals surface area contributed by atoms with Gasteiger partial charge in [0.15, 0.2) is 0 Å². The highest BCUT2D eigenvalue weighted by molar-refractivity contribution is 6.05. The Hall–Kier alpha value is -4.11. The van der Waals surface area contributed by atoms with Crippen LogP contribution in [0.4, 0.5) is 11.4 Å². The van der Waals surface area contributed by atoms with Gasteiger partial charge in [-0.05, 0) is 66.3 Å². The number of likely N-dealkylation sites (tertiary alicyclic amines) is 1. The van der Waals surface area contributed by atoms with E-state index in [1.807, 2.05) is 53.4 Å². The van der Waals surface area contributed by atoms with Crippen molar-refractivity contribution in [3.63, 3.8) is 0 Å². The van der Waals surface area contributed by atoms with E-state index in [0.717, 1.165) is 31.5 Å². The lowest BCUT2D eigenvalue weighted by molar-refractivity contribution is -0.131. The molecule has 3 aromatic carbocycles. The number of carbonyl (C=O) groups is 2. The lowest BCUT2D eigenvalue weighted by Gasteiger charge is -2.32. The molecule has 0 aliphatic carbocycles. The Balaban J connectivity index is 1.29. The molecule has 0 aromatic heterocycles. The van der Waals surface area contributed by atoms with Crippen LogP contribution in [0.25, 0.3) is 0 Å². The summed E-state index contributed by atoms with van der Waals surface area (Å²) in [7, 11) is 0. The van der Waals surface area contributed by atoms with Crippen LogP contribution in [0.2, 0.25) is 0 Å². The zero-order valence-corrected chi connectivity index (χ0v) is 18.3. The van der Waals surface area contributed by atoms with Gasteiger partial charge in [-0.1, -0.05) is 36.4 Å². The van der Waals surface area contributed by atoms with Crippen molar-refractivity contribution in [3.8, 4) is 6.07 Å². The summed E-state index contributed by atoms with van der Waals surface area (Å²) in [5.74, 6) is 0.274. The number of hydrogen-bond donors (Lipinski definition) is 2. The van der Waals surface area contributed by atoms with Crippen molar-refractivity contribution in [1.82, 2.24) is 4.90 Å². The van der Waals surface area contributed by atoms with Crippen molar-refractivity contribution < 1.29 is 9.59 Å². The number of nitrogens with zero attached hydrogens (tertiary/aromatic N) is 2. The van der Waals surface area contributed by atoms with Gasteiger partial charge in [-0.3, -0.25) is 9.59 Å². The van der Waals surface area contributed by atoms with Crippen LogP contribution in [0.15, 0.2) is 72.8 Å². The predicted molar refractivity (Wildman–Crippen MR) is 129 cm³/mol. The number of nitriles is 1. The van der Waals surface area contributed by atoms with Crippen LogP contribution in [0.1, 0.15) is 45.8 Å². The predicted octanol–water partition coefficient (Wildman–Crippen LogP) is 4.34. The van der Waals surface area contributed by atoms with Gasteiger partial charge in [0.1, 0.15) is 0 Å². The molecular weight excluding hydrogens is 412 g/mol. The van der Waals surface area contributed by atoms with Gasteiger partial charge in [0.05, 0.1) is 29.4 Å². The molecule has 0 saturated carbocycles. The number of carbonyl (C=O) groups excluding carboxylic acids is 2. The maximum Gasteiger partial charge on any atom is 0.255 e. The molecule has 1 aliphatic rings. The first-order chi connectivity index (χ1) is 16.0. The van der Waals surface area contributed by atoms with Crippen LogP contribution in [0.5, 0.6) is 0 Å². The van der Waals surface area contributed by atoms with Crippen LogP contribution in [-0.2, 0) is 11.2 Å². The summed E-state index contributed by atoms with van der Waals surface area (Å²) in [4.78, 5) is 27.2. The number of piperidine rings is 1. The van der Waals surface area contributed by atoms with Crippen molar-refractivity contribution in [2.75, 3.05) is 24.1 Å². The first-order valence-electron chi connectivity index (χ1n) is 11.1. The summed E-state index contributed by atoms with van der Waals surface area (Å²) in [6.07, 6.45) is 2.15. The number of rotatable bonds is 5. The second-order valence-electron chi connectivity index (χ2n) is 8.30. The lowest BCUT2D eigenvalue weighted by Crippen LogP contribution is -2.38. The van der Waals surface area contributed by atoms with Gasteiger partial charge < -0.3 is 16.0 Å². The molecule has 166 valence electrons. The van der Waals surface area contributed by atoms with E-state index >= 15 is 0 Å². The number of anilines is 2. The minimum atomic E-state index is -0.240. The topological polar surface area (TPSA) is 99.2 Å². The van der Waals surface area contributed by atoms with Crippen molar-refractivity contribution in [2.24, 2.45) is 0 Å². The van der Waals surface area contributed by atoms with E-state index in [0.29, 0.717) is 34.8 Å². The highest BCUT2D eigenvalue weighted by Crippen LogP contribution is 2.28. The normalized spacial score (nSPS) is 13.8. The fourth-order valence-corrected chi connectivity index (χ4v) is 4.16. The third-order valence-corrected chi connectivity index (χ3v) is 6.14. The van der Waals surface area contributed by atoms with E-state index in [4.69, 9.17) is 11.0 Å². The minimum absolute atomic E-state index is 0.0996. The molecule has 2 amide bonds. The van der Waals surface area contributed by atoms with Gasteiger partial charge >= 0.3 is 0 Å². The summed E-state index contributed by atoms with van der Waals surface area (Å²) in [6, 6.07) is 24.1. The van der Waals surface area contributed by atoms with Crippen LogP contribution in [0.3, 0.4) is 0 Å². The van der Waals surface area contributed by atoms with Gasteiger partial charge in [0.2, 0.25) is 5.91 Å².